The molecule has 0 aliphatic heterocycles. The van der Waals surface area contributed by atoms with Gasteiger partial charge in [0.05, 0.1) is 4.92 Å². The lowest BCUT2D eigenvalue weighted by Gasteiger charge is -2.18. The number of nitrogens with zero attached hydrogens (tertiary/aromatic N) is 3. The molecule has 0 amide bonds. The van der Waals surface area contributed by atoms with Crippen LogP contribution in [0.25, 0.3) is 0 Å². The second kappa shape index (κ2) is 7.01. The van der Waals surface area contributed by atoms with Crippen molar-refractivity contribution in [2.75, 3.05) is 10.6 Å². The number of aromatic nitrogens is 2. The minimum atomic E-state index is -4.77. The lowest BCUT2D eigenvalue weighted by Crippen LogP contribution is -2.23. The summed E-state index contributed by atoms with van der Waals surface area (Å²) in [5.41, 5.74) is -0.508. The van der Waals surface area contributed by atoms with Gasteiger partial charge in [0.1, 0.15) is 0 Å². The molecule has 7 nitrogen and oxygen atoms in total. The smallest absolute Gasteiger partial charge is 0.361 e. The Morgan fingerprint density at radius 1 is 0.920 bits per heavy atom. The maximum atomic E-state index is 13.2. The Morgan fingerprint density at radius 2 is 1.32 bits per heavy atom. The van der Waals surface area contributed by atoms with Gasteiger partial charge in [-0.1, -0.05) is 25.7 Å². The van der Waals surface area contributed by atoms with E-state index in [2.05, 4.69) is 20.6 Å². The van der Waals surface area contributed by atoms with Gasteiger partial charge in [0.2, 0.25) is 17.5 Å². The van der Waals surface area contributed by atoms with E-state index >= 15 is 0 Å². The first kappa shape index (κ1) is 17.7. The van der Waals surface area contributed by atoms with Crippen LogP contribution in [0.15, 0.2) is 0 Å². The Balaban J connectivity index is 2.00. The molecule has 2 aliphatic rings. The predicted octanol–water partition coefficient (Wildman–Crippen LogP) is 4.11. The Bertz CT molecular complexity index is 602. The fourth-order valence-electron chi connectivity index (χ4n) is 3.48. The Morgan fingerprint density at radius 3 is 1.64 bits per heavy atom. The third kappa shape index (κ3) is 4.10. The summed E-state index contributed by atoms with van der Waals surface area (Å²) in [7, 11) is 0. The van der Waals surface area contributed by atoms with Crippen LogP contribution in [0.2, 0.25) is 0 Å². The summed E-state index contributed by atoms with van der Waals surface area (Å²) in [5, 5.41) is 17.2. The highest BCUT2D eigenvalue weighted by atomic mass is 19.4. The van der Waals surface area contributed by atoms with E-state index in [0.717, 1.165) is 51.4 Å². The third-order valence-corrected chi connectivity index (χ3v) is 4.71. The molecule has 0 radical (unpaired) electrons. The number of alkyl halides is 3. The average Bonchev–Trinajstić information content (AvgIpc) is 3.19. The topological polar surface area (TPSA) is 93.0 Å². The van der Waals surface area contributed by atoms with Crippen molar-refractivity contribution in [3.63, 3.8) is 0 Å². The maximum Gasteiger partial charge on any atom is 0.451 e. The molecule has 2 N–H and O–H groups in total. The van der Waals surface area contributed by atoms with Crippen LogP contribution in [0, 0.1) is 10.1 Å². The number of nitrogens with one attached hydrogen (secondary N) is 2. The normalized spacial score (nSPS) is 19.3. The second-order valence-corrected chi connectivity index (χ2v) is 6.60. The lowest BCUT2D eigenvalue weighted by atomic mass is 10.2. The van der Waals surface area contributed by atoms with Crippen LogP contribution >= 0.6 is 0 Å². The number of halogens is 3. The third-order valence-electron chi connectivity index (χ3n) is 4.71. The second-order valence-electron chi connectivity index (χ2n) is 6.60. The number of rotatable bonds is 5. The molecule has 2 aliphatic carbocycles. The van der Waals surface area contributed by atoms with Crippen LogP contribution in [0.5, 0.6) is 0 Å². The summed E-state index contributed by atoms with van der Waals surface area (Å²) in [5.74, 6) is -2.06. The first-order chi connectivity index (χ1) is 11.8. The number of hydrogen-bond donors (Lipinski definition) is 2. The molecule has 1 aromatic rings. The van der Waals surface area contributed by atoms with Crippen molar-refractivity contribution in [3.8, 4) is 0 Å². The van der Waals surface area contributed by atoms with Gasteiger partial charge in [-0.15, -0.1) is 0 Å². The minimum absolute atomic E-state index is 0.103. The molecule has 10 heteroatoms. The largest absolute Gasteiger partial charge is 0.451 e. The number of anilines is 2. The summed E-state index contributed by atoms with van der Waals surface area (Å²) >= 11 is 0. The van der Waals surface area contributed by atoms with E-state index in [1.165, 1.54) is 0 Å². The Kier molecular flexibility index (Phi) is 4.96. The van der Waals surface area contributed by atoms with E-state index in [1.807, 2.05) is 0 Å². The molecule has 0 saturated heterocycles. The van der Waals surface area contributed by atoms with Crippen LogP contribution in [-0.4, -0.2) is 27.0 Å². The van der Waals surface area contributed by atoms with Crippen LogP contribution in [0.1, 0.15) is 57.2 Å². The van der Waals surface area contributed by atoms with Crippen molar-refractivity contribution in [1.82, 2.24) is 9.97 Å². The standard InChI is InChI=1S/C15H20F3N5O2/c16-15(17,18)14-21-12(19-9-5-1-2-6-9)11(23(24)25)13(22-14)20-10-7-3-4-8-10/h9-10H,1-8H2,(H2,19,20,21,22). The first-order valence-corrected chi connectivity index (χ1v) is 8.51. The van der Waals surface area contributed by atoms with Crippen molar-refractivity contribution in [1.29, 1.82) is 0 Å². The zero-order valence-corrected chi connectivity index (χ0v) is 13.6. The van der Waals surface area contributed by atoms with Gasteiger partial charge >= 0.3 is 11.9 Å². The number of nitro groups is 1. The molecule has 2 fully saturated rings. The molecule has 1 aromatic heterocycles. The van der Waals surface area contributed by atoms with Crippen LogP contribution in [0.3, 0.4) is 0 Å². The highest BCUT2D eigenvalue weighted by molar-refractivity contribution is 5.70. The molecule has 0 unspecified atom stereocenters. The van der Waals surface area contributed by atoms with Crippen molar-refractivity contribution < 1.29 is 18.1 Å². The van der Waals surface area contributed by atoms with Gasteiger partial charge in [-0.2, -0.15) is 13.2 Å². The van der Waals surface area contributed by atoms with Gasteiger partial charge in [-0.05, 0) is 25.7 Å². The van der Waals surface area contributed by atoms with Crippen molar-refractivity contribution >= 4 is 17.3 Å². The molecular formula is C15H20F3N5O2. The van der Waals surface area contributed by atoms with Gasteiger partial charge in [-0.3, -0.25) is 10.1 Å². The SMILES string of the molecule is O=[N+]([O-])c1c(NC2CCCC2)nc(C(F)(F)F)nc1NC1CCCC1. The molecule has 3 rings (SSSR count). The molecule has 25 heavy (non-hydrogen) atoms. The summed E-state index contributed by atoms with van der Waals surface area (Å²) in [6, 6.07) is -0.206. The molecule has 2 saturated carbocycles. The van der Waals surface area contributed by atoms with Crippen molar-refractivity contribution in [3.05, 3.63) is 15.9 Å². The predicted molar refractivity (Wildman–Crippen MR) is 85.4 cm³/mol. The Hall–Kier alpha value is -2.13. The minimum Gasteiger partial charge on any atom is -0.361 e. The summed E-state index contributed by atoms with van der Waals surface area (Å²) in [6.07, 6.45) is 2.02. The summed E-state index contributed by atoms with van der Waals surface area (Å²) in [4.78, 5) is 17.7. The molecule has 0 aromatic carbocycles. The molecule has 0 atom stereocenters. The molecule has 138 valence electrons. The monoisotopic (exact) mass is 359 g/mol. The number of hydrogen-bond acceptors (Lipinski definition) is 6. The van der Waals surface area contributed by atoms with Gasteiger partial charge < -0.3 is 10.6 Å². The fourth-order valence-corrected chi connectivity index (χ4v) is 3.48. The summed E-state index contributed by atoms with van der Waals surface area (Å²) < 4.78 is 39.5. The first-order valence-electron chi connectivity index (χ1n) is 8.51. The molecular weight excluding hydrogens is 339 g/mol. The summed E-state index contributed by atoms with van der Waals surface area (Å²) in [6.45, 7) is 0. The maximum absolute atomic E-state index is 13.2. The molecule has 0 spiro atoms. The van der Waals surface area contributed by atoms with Gasteiger partial charge in [0.25, 0.3) is 0 Å². The van der Waals surface area contributed by atoms with E-state index in [1.54, 1.807) is 0 Å². The highest BCUT2D eigenvalue weighted by Gasteiger charge is 2.39. The molecule has 0 bridgehead atoms. The quantitative estimate of drug-likeness (QED) is 0.607. The zero-order valence-electron chi connectivity index (χ0n) is 13.6. The van der Waals surface area contributed by atoms with Crippen LogP contribution in [-0.2, 0) is 6.18 Å². The van der Waals surface area contributed by atoms with E-state index < -0.39 is 22.6 Å². The van der Waals surface area contributed by atoms with E-state index in [9.17, 15) is 23.3 Å². The average molecular weight is 359 g/mol. The van der Waals surface area contributed by atoms with Crippen LogP contribution in [0.4, 0.5) is 30.5 Å². The fraction of sp³-hybridized carbons (Fsp3) is 0.733. The van der Waals surface area contributed by atoms with Gasteiger partial charge in [0.15, 0.2) is 0 Å². The van der Waals surface area contributed by atoms with E-state index in [0.29, 0.717) is 0 Å². The zero-order chi connectivity index (χ0) is 18.0. The van der Waals surface area contributed by atoms with E-state index in [4.69, 9.17) is 0 Å². The van der Waals surface area contributed by atoms with Gasteiger partial charge in [-0.25, -0.2) is 9.97 Å². The molecule has 1 heterocycles. The van der Waals surface area contributed by atoms with Crippen LogP contribution < -0.4 is 10.6 Å². The van der Waals surface area contributed by atoms with E-state index in [-0.39, 0.29) is 23.7 Å². The van der Waals surface area contributed by atoms with Crippen molar-refractivity contribution in [2.24, 2.45) is 0 Å². The lowest BCUT2D eigenvalue weighted by molar-refractivity contribution is -0.383. The van der Waals surface area contributed by atoms with Crippen molar-refractivity contribution in [2.45, 2.75) is 69.6 Å². The van der Waals surface area contributed by atoms with Gasteiger partial charge in [0, 0.05) is 12.1 Å². The highest BCUT2D eigenvalue weighted by Crippen LogP contribution is 2.37. The Labute approximate surface area is 142 Å².